The van der Waals surface area contributed by atoms with Crippen LogP contribution in [0.2, 0.25) is 0 Å². The zero-order valence-electron chi connectivity index (χ0n) is 17.5. The number of halogens is 4. The number of fused-ring (bicyclic) bond motifs is 1. The molecule has 0 spiro atoms. The number of nitrogens with zero attached hydrogens (tertiary/aromatic N) is 3. The predicted molar refractivity (Wildman–Crippen MR) is 128 cm³/mol. The van der Waals surface area contributed by atoms with Gasteiger partial charge in [0.05, 0.1) is 27.7 Å². The Balaban J connectivity index is 1.61. The van der Waals surface area contributed by atoms with Gasteiger partial charge in [0.25, 0.3) is 5.91 Å². The molecule has 0 saturated carbocycles. The molecule has 5 rings (SSSR count). The van der Waals surface area contributed by atoms with Crippen molar-refractivity contribution in [3.63, 3.8) is 0 Å². The average molecular weight is 502 g/mol. The second kappa shape index (κ2) is 8.52. The summed E-state index contributed by atoms with van der Waals surface area (Å²) in [5, 5.41) is 0.876. The average Bonchev–Trinajstić information content (AvgIpc) is 3.30. The smallest absolute Gasteiger partial charge is 0.337 e. The third-order valence-corrected chi connectivity index (χ3v) is 7.59. The fourth-order valence-electron chi connectivity index (χ4n) is 3.56. The van der Waals surface area contributed by atoms with Crippen LogP contribution in [-0.2, 0) is 11.0 Å². The van der Waals surface area contributed by atoms with Gasteiger partial charge in [-0.15, -0.1) is 0 Å². The monoisotopic (exact) mass is 501 g/mol. The van der Waals surface area contributed by atoms with Gasteiger partial charge in [-0.25, -0.2) is 9.38 Å². The molecule has 4 nitrogen and oxygen atoms in total. The van der Waals surface area contributed by atoms with Crippen molar-refractivity contribution in [3.05, 3.63) is 94.1 Å². The lowest BCUT2D eigenvalue weighted by Gasteiger charge is -2.17. The van der Waals surface area contributed by atoms with E-state index in [4.69, 9.17) is 0 Å². The second-order valence-corrected chi connectivity index (χ2v) is 9.43. The fourth-order valence-corrected chi connectivity index (χ4v) is 5.90. The molecule has 10 heteroatoms. The van der Waals surface area contributed by atoms with Crippen LogP contribution in [0.3, 0.4) is 0 Å². The summed E-state index contributed by atoms with van der Waals surface area (Å²) >= 11 is 2.51. The topological polar surface area (TPSA) is 35.9 Å². The molecule has 0 radical (unpaired) electrons. The van der Waals surface area contributed by atoms with Crippen molar-refractivity contribution in [2.45, 2.75) is 11.1 Å². The van der Waals surface area contributed by atoms with Gasteiger partial charge in [-0.05, 0) is 66.4 Å². The van der Waals surface area contributed by atoms with Crippen molar-refractivity contribution in [1.29, 1.82) is 0 Å². The van der Waals surface area contributed by atoms with E-state index < -0.39 is 17.6 Å². The lowest BCUT2D eigenvalue weighted by molar-refractivity contribution is -0.137. The van der Waals surface area contributed by atoms with E-state index in [1.807, 2.05) is 36.2 Å². The van der Waals surface area contributed by atoms with E-state index in [9.17, 15) is 22.4 Å². The summed E-state index contributed by atoms with van der Waals surface area (Å²) in [7, 11) is 1.85. The summed E-state index contributed by atoms with van der Waals surface area (Å²) in [6.07, 6.45) is -4.52. The minimum absolute atomic E-state index is 0.0548. The minimum atomic E-state index is -4.52. The molecule has 0 aliphatic carbocycles. The van der Waals surface area contributed by atoms with E-state index in [-0.39, 0.29) is 16.8 Å². The Morgan fingerprint density at radius 3 is 2.35 bits per heavy atom. The number of hydrogen-bond donors (Lipinski definition) is 0. The highest BCUT2D eigenvalue weighted by atomic mass is 32.2. The zero-order valence-corrected chi connectivity index (χ0v) is 19.1. The fraction of sp³-hybridized carbons (Fsp3) is 0.0833. The molecule has 2 aliphatic rings. The first kappa shape index (κ1) is 22.5. The van der Waals surface area contributed by atoms with Gasteiger partial charge in [-0.2, -0.15) is 13.2 Å². The van der Waals surface area contributed by atoms with E-state index in [0.29, 0.717) is 15.6 Å². The predicted octanol–water partition coefficient (Wildman–Crippen LogP) is 7.02. The van der Waals surface area contributed by atoms with Crippen LogP contribution in [0.4, 0.5) is 34.6 Å². The molecule has 0 atom stereocenters. The molecule has 1 amide bonds. The van der Waals surface area contributed by atoms with Crippen LogP contribution in [0, 0.1) is 5.82 Å². The summed E-state index contributed by atoms with van der Waals surface area (Å²) in [5.41, 5.74) is 0.528. The number of anilines is 2. The number of amidine groups is 1. The van der Waals surface area contributed by atoms with Crippen LogP contribution in [0.1, 0.15) is 5.56 Å². The highest BCUT2D eigenvalue weighted by molar-refractivity contribution is 8.20. The first-order chi connectivity index (χ1) is 16.2. The Labute approximate surface area is 201 Å². The van der Waals surface area contributed by atoms with E-state index in [0.717, 1.165) is 34.5 Å². The largest absolute Gasteiger partial charge is 0.416 e. The van der Waals surface area contributed by atoms with Crippen LogP contribution >= 0.6 is 23.5 Å². The van der Waals surface area contributed by atoms with E-state index in [1.165, 1.54) is 53.1 Å². The van der Waals surface area contributed by atoms with Crippen molar-refractivity contribution in [3.8, 4) is 0 Å². The van der Waals surface area contributed by atoms with Crippen molar-refractivity contribution in [1.82, 2.24) is 0 Å². The molecule has 0 N–H and O–H groups in total. The van der Waals surface area contributed by atoms with Gasteiger partial charge in [-0.3, -0.25) is 9.69 Å². The first-order valence-corrected chi connectivity index (χ1v) is 11.6. The number of rotatable bonds is 2. The van der Waals surface area contributed by atoms with E-state index in [2.05, 4.69) is 4.99 Å². The van der Waals surface area contributed by atoms with Gasteiger partial charge in [0.1, 0.15) is 10.7 Å². The van der Waals surface area contributed by atoms with Gasteiger partial charge < -0.3 is 4.90 Å². The number of para-hydroxylation sites is 1. The maximum absolute atomic E-state index is 13.6. The van der Waals surface area contributed by atoms with Crippen LogP contribution in [0.5, 0.6) is 0 Å². The summed E-state index contributed by atoms with van der Waals surface area (Å²) in [4.78, 5) is 22.5. The molecule has 0 unspecified atom stereocenters. The normalized spacial score (nSPS) is 19.3. The standard InChI is InChI=1S/C24H15F4N3OS2/c1-30-18-7-2-3-8-19(18)33-22(30)20-21(32)31(17-11-9-15(25)10-12-17)23(34-20)29-16-6-4-5-14(13-16)24(26,27)28/h2-13H,1H3/b22-20-,29-23?. The molecular weight excluding hydrogens is 486 g/mol. The molecule has 3 aromatic carbocycles. The quantitative estimate of drug-likeness (QED) is 0.279. The van der Waals surface area contributed by atoms with E-state index >= 15 is 0 Å². The molecule has 0 aromatic heterocycles. The molecule has 2 heterocycles. The summed E-state index contributed by atoms with van der Waals surface area (Å²) in [6, 6.07) is 17.6. The Hall–Kier alpha value is -3.24. The molecule has 3 aromatic rings. The number of carbonyl (C=O) groups is 1. The Morgan fingerprint density at radius 1 is 0.912 bits per heavy atom. The third kappa shape index (κ3) is 4.07. The van der Waals surface area contributed by atoms with Crippen molar-refractivity contribution >= 4 is 51.7 Å². The number of amides is 1. The Morgan fingerprint density at radius 2 is 1.65 bits per heavy atom. The third-order valence-electron chi connectivity index (χ3n) is 5.20. The molecular formula is C24H15F4N3OS2. The number of carbonyl (C=O) groups excluding carboxylic acids is 1. The minimum Gasteiger partial charge on any atom is -0.337 e. The molecule has 1 fully saturated rings. The summed E-state index contributed by atoms with van der Waals surface area (Å²) in [5.74, 6) is -0.857. The summed E-state index contributed by atoms with van der Waals surface area (Å²) in [6.45, 7) is 0. The maximum atomic E-state index is 13.6. The van der Waals surface area contributed by atoms with Gasteiger partial charge in [-0.1, -0.05) is 30.0 Å². The highest BCUT2D eigenvalue weighted by Crippen LogP contribution is 2.50. The number of alkyl halides is 3. The van der Waals surface area contributed by atoms with Gasteiger partial charge >= 0.3 is 6.18 Å². The maximum Gasteiger partial charge on any atom is 0.416 e. The number of aliphatic imine (C=N–C) groups is 1. The van der Waals surface area contributed by atoms with Crippen LogP contribution in [-0.4, -0.2) is 18.1 Å². The number of thioether (sulfide) groups is 2. The Kier molecular flexibility index (Phi) is 5.65. The molecule has 172 valence electrons. The molecule has 34 heavy (non-hydrogen) atoms. The first-order valence-electron chi connectivity index (χ1n) is 10.0. The van der Waals surface area contributed by atoms with Crippen LogP contribution in [0.15, 0.2) is 92.6 Å². The van der Waals surface area contributed by atoms with Crippen molar-refractivity contribution < 1.29 is 22.4 Å². The van der Waals surface area contributed by atoms with Gasteiger partial charge in [0, 0.05) is 11.9 Å². The molecule has 0 bridgehead atoms. The van der Waals surface area contributed by atoms with Crippen molar-refractivity contribution in [2.75, 3.05) is 16.8 Å². The van der Waals surface area contributed by atoms with Gasteiger partial charge in [0.15, 0.2) is 5.17 Å². The van der Waals surface area contributed by atoms with Crippen LogP contribution in [0.25, 0.3) is 0 Å². The van der Waals surface area contributed by atoms with Crippen molar-refractivity contribution in [2.24, 2.45) is 4.99 Å². The lowest BCUT2D eigenvalue weighted by atomic mass is 10.2. The number of benzene rings is 3. The Bertz CT molecular complexity index is 1350. The molecule has 1 saturated heterocycles. The lowest BCUT2D eigenvalue weighted by Crippen LogP contribution is -2.29. The SMILES string of the molecule is CN1/C(=C2/SC(=Nc3cccc(C(F)(F)F)c3)N(c3ccc(F)cc3)C2=O)Sc2ccccc21. The van der Waals surface area contributed by atoms with Crippen LogP contribution < -0.4 is 9.80 Å². The highest BCUT2D eigenvalue weighted by Gasteiger charge is 2.40. The second-order valence-electron chi connectivity index (χ2n) is 7.42. The summed E-state index contributed by atoms with van der Waals surface area (Å²) < 4.78 is 53.1. The van der Waals surface area contributed by atoms with E-state index in [1.54, 1.807) is 0 Å². The zero-order chi connectivity index (χ0) is 24.0. The molecule has 2 aliphatic heterocycles. The van der Waals surface area contributed by atoms with Gasteiger partial charge in [0.2, 0.25) is 0 Å². The number of hydrogen-bond acceptors (Lipinski definition) is 5.